The van der Waals surface area contributed by atoms with Crippen molar-refractivity contribution in [3.8, 4) is 0 Å². The van der Waals surface area contributed by atoms with Gasteiger partial charge in [0.25, 0.3) is 10.0 Å². The van der Waals surface area contributed by atoms with E-state index in [-0.39, 0.29) is 23.4 Å². The number of nitrogens with one attached hydrogen (secondary N) is 1. The van der Waals surface area contributed by atoms with Gasteiger partial charge in [-0.3, -0.25) is 13.9 Å². The van der Waals surface area contributed by atoms with Crippen LogP contribution in [0.2, 0.25) is 0 Å². The third-order valence-electron chi connectivity index (χ3n) is 6.86. The Balaban J connectivity index is 2.05. The van der Waals surface area contributed by atoms with Crippen LogP contribution in [0.5, 0.6) is 0 Å². The molecule has 0 spiro atoms. The summed E-state index contributed by atoms with van der Waals surface area (Å²) < 4.78 is 29.0. The summed E-state index contributed by atoms with van der Waals surface area (Å²) in [7, 11) is -4.08. The third-order valence-corrected chi connectivity index (χ3v) is 8.63. The molecule has 0 fully saturated rings. The second kappa shape index (κ2) is 13.4. The van der Waals surface area contributed by atoms with Gasteiger partial charge in [-0.25, -0.2) is 8.42 Å². The van der Waals surface area contributed by atoms with Crippen molar-refractivity contribution in [3.05, 3.63) is 95.6 Å². The zero-order chi connectivity index (χ0) is 28.6. The highest BCUT2D eigenvalue weighted by atomic mass is 32.2. The SMILES string of the molecule is CCc1ccccc1N(CC(=O)N(Cc1cccc(C)c1)[C@@H](C)C(=O)N[C@@H](C)CC)S(=O)(=O)c1ccccc1. The Hall–Kier alpha value is -3.65. The minimum Gasteiger partial charge on any atom is -0.352 e. The van der Waals surface area contributed by atoms with Gasteiger partial charge in [-0.15, -0.1) is 0 Å². The number of para-hydroxylation sites is 1. The monoisotopic (exact) mass is 549 g/mol. The summed E-state index contributed by atoms with van der Waals surface area (Å²) in [4.78, 5) is 28.7. The number of benzene rings is 3. The van der Waals surface area contributed by atoms with Crippen LogP contribution >= 0.6 is 0 Å². The molecule has 0 radical (unpaired) electrons. The predicted octanol–water partition coefficient (Wildman–Crippen LogP) is 5.08. The number of nitrogens with zero attached hydrogens (tertiary/aromatic N) is 2. The maximum absolute atomic E-state index is 14.0. The predicted molar refractivity (Wildman–Crippen MR) is 156 cm³/mol. The molecular weight excluding hydrogens is 510 g/mol. The zero-order valence-electron chi connectivity index (χ0n) is 23.4. The smallest absolute Gasteiger partial charge is 0.264 e. The molecule has 0 aromatic heterocycles. The highest BCUT2D eigenvalue weighted by molar-refractivity contribution is 7.92. The molecule has 39 heavy (non-hydrogen) atoms. The van der Waals surface area contributed by atoms with E-state index in [2.05, 4.69) is 5.32 Å². The second-order valence-electron chi connectivity index (χ2n) is 9.81. The number of rotatable bonds is 12. The van der Waals surface area contributed by atoms with Gasteiger partial charge in [0.05, 0.1) is 10.6 Å². The molecule has 0 heterocycles. The van der Waals surface area contributed by atoms with Crippen molar-refractivity contribution in [2.24, 2.45) is 0 Å². The second-order valence-corrected chi connectivity index (χ2v) is 11.7. The first-order chi connectivity index (χ1) is 18.6. The molecule has 0 aliphatic rings. The van der Waals surface area contributed by atoms with Gasteiger partial charge in [0, 0.05) is 12.6 Å². The summed E-state index contributed by atoms with van der Waals surface area (Å²) >= 11 is 0. The summed E-state index contributed by atoms with van der Waals surface area (Å²) in [6.07, 6.45) is 1.34. The standard InChI is InChI=1S/C31H39N3O4S/c1-6-24(4)32-31(36)25(5)33(21-26-15-13-14-23(3)20-26)30(35)22-34(29-19-12-11-16-27(29)7-2)39(37,38)28-17-9-8-10-18-28/h8-20,24-25H,6-7,21-22H2,1-5H3,(H,32,36)/t24-,25-/m0/s1. The van der Waals surface area contributed by atoms with Gasteiger partial charge in [-0.1, -0.05) is 80.1 Å². The van der Waals surface area contributed by atoms with Crippen LogP contribution in [0, 0.1) is 6.92 Å². The lowest BCUT2D eigenvalue weighted by atomic mass is 10.1. The van der Waals surface area contributed by atoms with Crippen LogP contribution in [-0.2, 0) is 32.6 Å². The third kappa shape index (κ3) is 7.47. The van der Waals surface area contributed by atoms with Crippen molar-refractivity contribution >= 4 is 27.5 Å². The summed E-state index contributed by atoms with van der Waals surface area (Å²) in [5.41, 5.74) is 3.14. The number of anilines is 1. The molecule has 0 aliphatic carbocycles. The number of hydrogen-bond donors (Lipinski definition) is 1. The Bertz CT molecular complexity index is 1380. The molecule has 0 aliphatic heterocycles. The number of hydrogen-bond acceptors (Lipinski definition) is 4. The number of carbonyl (C=O) groups excluding carboxylic acids is 2. The molecule has 0 saturated carbocycles. The van der Waals surface area contributed by atoms with Crippen LogP contribution in [0.25, 0.3) is 0 Å². The maximum atomic E-state index is 14.0. The van der Waals surface area contributed by atoms with Crippen molar-refractivity contribution < 1.29 is 18.0 Å². The largest absolute Gasteiger partial charge is 0.352 e. The topological polar surface area (TPSA) is 86.8 Å². The Labute approximate surface area is 232 Å². The molecule has 1 N–H and O–H groups in total. The van der Waals surface area contributed by atoms with Crippen LogP contribution in [0.4, 0.5) is 5.69 Å². The van der Waals surface area contributed by atoms with Gasteiger partial charge in [0.2, 0.25) is 11.8 Å². The Morgan fingerprint density at radius 2 is 1.56 bits per heavy atom. The first-order valence-electron chi connectivity index (χ1n) is 13.4. The van der Waals surface area contributed by atoms with E-state index in [1.54, 1.807) is 37.3 Å². The van der Waals surface area contributed by atoms with E-state index in [0.29, 0.717) is 12.1 Å². The summed E-state index contributed by atoms with van der Waals surface area (Å²) in [5, 5.41) is 2.96. The van der Waals surface area contributed by atoms with Crippen LogP contribution in [-0.4, -0.2) is 43.8 Å². The van der Waals surface area contributed by atoms with Crippen molar-refractivity contribution in [2.45, 2.75) is 71.0 Å². The first kappa shape index (κ1) is 29.9. The van der Waals surface area contributed by atoms with E-state index in [1.165, 1.54) is 21.3 Å². The van der Waals surface area contributed by atoms with E-state index in [1.807, 2.05) is 64.1 Å². The fourth-order valence-electron chi connectivity index (χ4n) is 4.34. The van der Waals surface area contributed by atoms with Crippen LogP contribution in [0.15, 0.2) is 83.8 Å². The van der Waals surface area contributed by atoms with Crippen LogP contribution in [0.1, 0.15) is 50.8 Å². The summed E-state index contributed by atoms with van der Waals surface area (Å²) in [5.74, 6) is -0.745. The molecule has 8 heteroatoms. The van der Waals surface area contributed by atoms with Crippen molar-refractivity contribution in [3.63, 3.8) is 0 Å². The van der Waals surface area contributed by atoms with Gasteiger partial charge < -0.3 is 10.2 Å². The summed E-state index contributed by atoms with van der Waals surface area (Å²) in [6, 6.07) is 22.2. The van der Waals surface area contributed by atoms with E-state index in [4.69, 9.17) is 0 Å². The average molecular weight is 550 g/mol. The van der Waals surface area contributed by atoms with Crippen molar-refractivity contribution in [1.82, 2.24) is 10.2 Å². The molecule has 3 rings (SSSR count). The minimum absolute atomic E-state index is 0.0535. The normalized spacial score (nSPS) is 12.8. The minimum atomic E-state index is -4.08. The Kier molecular flexibility index (Phi) is 10.3. The zero-order valence-corrected chi connectivity index (χ0v) is 24.2. The molecule has 2 amide bonds. The molecule has 2 atom stereocenters. The summed E-state index contributed by atoms with van der Waals surface area (Å²) in [6.45, 7) is 9.20. The van der Waals surface area contributed by atoms with Gasteiger partial charge in [-0.2, -0.15) is 0 Å². The lowest BCUT2D eigenvalue weighted by Gasteiger charge is -2.33. The Morgan fingerprint density at radius 1 is 0.897 bits per heavy atom. The van der Waals surface area contributed by atoms with E-state index < -0.39 is 28.5 Å². The molecule has 208 valence electrons. The molecule has 0 unspecified atom stereocenters. The van der Waals surface area contributed by atoms with Gasteiger partial charge in [-0.05, 0) is 62.9 Å². The number of amides is 2. The Morgan fingerprint density at radius 3 is 2.21 bits per heavy atom. The molecule has 3 aromatic carbocycles. The number of sulfonamides is 1. The first-order valence-corrected chi connectivity index (χ1v) is 14.8. The highest BCUT2D eigenvalue weighted by Crippen LogP contribution is 2.28. The number of carbonyl (C=O) groups is 2. The molecule has 0 saturated heterocycles. The average Bonchev–Trinajstić information content (AvgIpc) is 2.94. The van der Waals surface area contributed by atoms with E-state index in [0.717, 1.165) is 23.1 Å². The van der Waals surface area contributed by atoms with Crippen LogP contribution in [0.3, 0.4) is 0 Å². The van der Waals surface area contributed by atoms with Gasteiger partial charge in [0.1, 0.15) is 12.6 Å². The van der Waals surface area contributed by atoms with Gasteiger partial charge >= 0.3 is 0 Å². The molecule has 0 bridgehead atoms. The lowest BCUT2D eigenvalue weighted by molar-refractivity contribution is -0.139. The fourth-order valence-corrected chi connectivity index (χ4v) is 5.81. The van der Waals surface area contributed by atoms with Crippen molar-refractivity contribution in [1.29, 1.82) is 0 Å². The van der Waals surface area contributed by atoms with E-state index >= 15 is 0 Å². The van der Waals surface area contributed by atoms with Crippen LogP contribution < -0.4 is 9.62 Å². The van der Waals surface area contributed by atoms with E-state index in [9.17, 15) is 18.0 Å². The number of aryl methyl sites for hydroxylation is 2. The maximum Gasteiger partial charge on any atom is 0.264 e. The van der Waals surface area contributed by atoms with Gasteiger partial charge in [0.15, 0.2) is 0 Å². The molecular formula is C31H39N3O4S. The molecule has 3 aromatic rings. The lowest BCUT2D eigenvalue weighted by Crippen LogP contribution is -2.52. The molecule has 7 nitrogen and oxygen atoms in total. The quantitative estimate of drug-likeness (QED) is 0.341. The fraction of sp³-hybridized carbons (Fsp3) is 0.355. The highest BCUT2D eigenvalue weighted by Gasteiger charge is 2.33. The van der Waals surface area contributed by atoms with Crippen molar-refractivity contribution in [2.75, 3.05) is 10.8 Å².